The van der Waals surface area contributed by atoms with Gasteiger partial charge in [0.2, 0.25) is 6.79 Å². The van der Waals surface area contributed by atoms with Gasteiger partial charge in [0.25, 0.3) is 5.91 Å². The van der Waals surface area contributed by atoms with Crippen molar-refractivity contribution in [3.63, 3.8) is 0 Å². The standard InChI is InChI=1S/C21H20N4O3/c26-21(16-6-7-17-18(13-16)28-14-27-17)24-9-8-20-22-19(23-25(20)11-10-24)12-15-4-2-1-3-5-15/h1-7,13H,8-12,14H2. The zero-order chi connectivity index (χ0) is 18.9. The molecule has 0 radical (unpaired) electrons. The van der Waals surface area contributed by atoms with Crippen LogP contribution in [0.25, 0.3) is 0 Å². The van der Waals surface area contributed by atoms with Gasteiger partial charge in [-0.05, 0) is 23.8 Å². The summed E-state index contributed by atoms with van der Waals surface area (Å²) in [5.41, 5.74) is 1.81. The van der Waals surface area contributed by atoms with Gasteiger partial charge >= 0.3 is 0 Å². The van der Waals surface area contributed by atoms with Gasteiger partial charge in [-0.15, -0.1) is 0 Å². The third kappa shape index (κ3) is 3.19. The van der Waals surface area contributed by atoms with E-state index >= 15 is 0 Å². The summed E-state index contributed by atoms with van der Waals surface area (Å²) in [4.78, 5) is 19.5. The highest BCUT2D eigenvalue weighted by molar-refractivity contribution is 5.95. The van der Waals surface area contributed by atoms with E-state index < -0.39 is 0 Å². The van der Waals surface area contributed by atoms with E-state index in [0.717, 1.165) is 18.1 Å². The van der Waals surface area contributed by atoms with Crippen molar-refractivity contribution in [3.8, 4) is 11.5 Å². The zero-order valence-corrected chi connectivity index (χ0v) is 15.4. The van der Waals surface area contributed by atoms with Crippen LogP contribution in [0.2, 0.25) is 0 Å². The Morgan fingerprint density at radius 2 is 1.86 bits per heavy atom. The Labute approximate surface area is 162 Å². The van der Waals surface area contributed by atoms with Crippen LogP contribution < -0.4 is 9.47 Å². The summed E-state index contributed by atoms with van der Waals surface area (Å²) in [6, 6.07) is 15.5. The van der Waals surface area contributed by atoms with E-state index in [2.05, 4.69) is 17.2 Å². The average molecular weight is 376 g/mol. The molecule has 142 valence electrons. The number of carbonyl (C=O) groups is 1. The smallest absolute Gasteiger partial charge is 0.254 e. The lowest BCUT2D eigenvalue weighted by Crippen LogP contribution is -2.33. The van der Waals surface area contributed by atoms with Crippen molar-refractivity contribution in [1.82, 2.24) is 19.7 Å². The summed E-state index contributed by atoms with van der Waals surface area (Å²) < 4.78 is 12.6. The van der Waals surface area contributed by atoms with E-state index in [-0.39, 0.29) is 12.7 Å². The number of aromatic nitrogens is 3. The molecular formula is C21H20N4O3. The maximum absolute atomic E-state index is 12.9. The Bertz CT molecular complexity index is 990. The fraction of sp³-hybridized carbons (Fsp3) is 0.286. The molecule has 28 heavy (non-hydrogen) atoms. The molecule has 2 aromatic carbocycles. The average Bonchev–Trinajstić information content (AvgIpc) is 3.30. The number of hydrogen-bond acceptors (Lipinski definition) is 5. The Morgan fingerprint density at radius 3 is 2.75 bits per heavy atom. The van der Waals surface area contributed by atoms with Crippen molar-refractivity contribution in [1.29, 1.82) is 0 Å². The van der Waals surface area contributed by atoms with Crippen LogP contribution >= 0.6 is 0 Å². The Hall–Kier alpha value is -3.35. The number of nitrogens with zero attached hydrogens (tertiary/aromatic N) is 4. The van der Waals surface area contributed by atoms with Crippen molar-refractivity contribution in [2.45, 2.75) is 19.4 Å². The third-order valence-corrected chi connectivity index (χ3v) is 5.09. The zero-order valence-electron chi connectivity index (χ0n) is 15.4. The van der Waals surface area contributed by atoms with Gasteiger partial charge in [0, 0.05) is 31.5 Å². The summed E-state index contributed by atoms with van der Waals surface area (Å²) in [6.07, 6.45) is 1.42. The molecule has 0 saturated carbocycles. The maximum atomic E-state index is 12.9. The van der Waals surface area contributed by atoms with Crippen LogP contribution in [0.15, 0.2) is 48.5 Å². The van der Waals surface area contributed by atoms with Gasteiger partial charge in [0.15, 0.2) is 17.3 Å². The molecule has 0 spiro atoms. The van der Waals surface area contributed by atoms with Crippen LogP contribution in [-0.4, -0.2) is 45.5 Å². The molecule has 0 atom stereocenters. The summed E-state index contributed by atoms with van der Waals surface area (Å²) >= 11 is 0. The van der Waals surface area contributed by atoms with Crippen LogP contribution in [0.1, 0.15) is 27.6 Å². The fourth-order valence-corrected chi connectivity index (χ4v) is 3.62. The molecule has 0 bridgehead atoms. The first kappa shape index (κ1) is 16.8. The van der Waals surface area contributed by atoms with Gasteiger partial charge in [-0.25, -0.2) is 9.67 Å². The molecule has 3 aromatic rings. The number of benzene rings is 2. The van der Waals surface area contributed by atoms with Gasteiger partial charge in [0.05, 0.1) is 6.54 Å². The minimum atomic E-state index is -0.00596. The number of carbonyl (C=O) groups excluding carboxylic acids is 1. The highest BCUT2D eigenvalue weighted by Gasteiger charge is 2.23. The second-order valence-corrected chi connectivity index (χ2v) is 6.94. The van der Waals surface area contributed by atoms with Gasteiger partial charge < -0.3 is 14.4 Å². The van der Waals surface area contributed by atoms with Crippen molar-refractivity contribution in [2.24, 2.45) is 0 Å². The molecule has 0 aliphatic carbocycles. The molecule has 1 amide bonds. The first-order valence-corrected chi connectivity index (χ1v) is 9.42. The van der Waals surface area contributed by atoms with E-state index in [1.165, 1.54) is 5.56 Å². The molecule has 3 heterocycles. The molecular weight excluding hydrogens is 356 g/mol. The van der Waals surface area contributed by atoms with Crippen LogP contribution in [0.3, 0.4) is 0 Å². The van der Waals surface area contributed by atoms with Gasteiger partial charge in [-0.3, -0.25) is 4.79 Å². The van der Waals surface area contributed by atoms with Crippen molar-refractivity contribution < 1.29 is 14.3 Å². The number of rotatable bonds is 3. The molecule has 0 saturated heterocycles. The summed E-state index contributed by atoms with van der Waals surface area (Å²) in [5.74, 6) is 3.07. The van der Waals surface area contributed by atoms with Gasteiger partial charge in [-0.2, -0.15) is 5.10 Å². The Morgan fingerprint density at radius 1 is 1.00 bits per heavy atom. The number of hydrogen-bond donors (Lipinski definition) is 0. The van der Waals surface area contributed by atoms with E-state index in [9.17, 15) is 4.79 Å². The van der Waals surface area contributed by atoms with Crippen LogP contribution in [0.4, 0.5) is 0 Å². The van der Waals surface area contributed by atoms with Crippen LogP contribution in [-0.2, 0) is 19.4 Å². The normalized spacial score (nSPS) is 15.2. The quantitative estimate of drug-likeness (QED) is 0.702. The maximum Gasteiger partial charge on any atom is 0.254 e. The topological polar surface area (TPSA) is 69.5 Å². The predicted molar refractivity (Wildman–Crippen MR) is 101 cm³/mol. The molecule has 7 heteroatoms. The minimum absolute atomic E-state index is 0.00596. The minimum Gasteiger partial charge on any atom is -0.454 e. The number of amides is 1. The molecule has 2 aliphatic heterocycles. The predicted octanol–water partition coefficient (Wildman–Crippen LogP) is 2.30. The van der Waals surface area contributed by atoms with Gasteiger partial charge in [-0.1, -0.05) is 30.3 Å². The summed E-state index contributed by atoms with van der Waals surface area (Å²) in [7, 11) is 0. The monoisotopic (exact) mass is 376 g/mol. The van der Waals surface area contributed by atoms with Crippen LogP contribution in [0.5, 0.6) is 11.5 Å². The van der Waals surface area contributed by atoms with Gasteiger partial charge in [0.1, 0.15) is 5.82 Å². The molecule has 2 aliphatic rings. The number of ether oxygens (including phenoxy) is 2. The second-order valence-electron chi connectivity index (χ2n) is 6.94. The SMILES string of the molecule is O=C(c1ccc2c(c1)OCO2)N1CCc2nc(Cc3ccccc3)nn2CC1. The summed E-state index contributed by atoms with van der Waals surface area (Å²) in [6.45, 7) is 2.08. The van der Waals surface area contributed by atoms with E-state index in [1.807, 2.05) is 27.8 Å². The van der Waals surface area contributed by atoms with Crippen molar-refractivity contribution >= 4 is 5.91 Å². The second kappa shape index (κ2) is 6.99. The largest absolute Gasteiger partial charge is 0.454 e. The first-order valence-electron chi connectivity index (χ1n) is 9.42. The molecule has 1 aromatic heterocycles. The van der Waals surface area contributed by atoms with Crippen molar-refractivity contribution in [3.05, 3.63) is 71.3 Å². The highest BCUT2D eigenvalue weighted by atomic mass is 16.7. The number of fused-ring (bicyclic) bond motifs is 2. The third-order valence-electron chi connectivity index (χ3n) is 5.09. The Balaban J connectivity index is 1.28. The highest BCUT2D eigenvalue weighted by Crippen LogP contribution is 2.32. The lowest BCUT2D eigenvalue weighted by Gasteiger charge is -2.20. The molecule has 0 N–H and O–H groups in total. The molecule has 0 fully saturated rings. The fourth-order valence-electron chi connectivity index (χ4n) is 3.62. The molecule has 5 rings (SSSR count). The van der Waals surface area contributed by atoms with E-state index in [4.69, 9.17) is 14.5 Å². The van der Waals surface area contributed by atoms with Crippen LogP contribution in [0, 0.1) is 0 Å². The summed E-state index contributed by atoms with van der Waals surface area (Å²) in [5, 5.41) is 4.65. The Kier molecular flexibility index (Phi) is 4.20. The van der Waals surface area contributed by atoms with Crippen molar-refractivity contribution in [2.75, 3.05) is 19.9 Å². The lowest BCUT2D eigenvalue weighted by molar-refractivity contribution is 0.0757. The van der Waals surface area contributed by atoms with E-state index in [1.54, 1.807) is 18.2 Å². The molecule has 0 unspecified atom stereocenters. The molecule has 7 nitrogen and oxygen atoms in total. The first-order chi connectivity index (χ1) is 13.8. The van der Waals surface area contributed by atoms with E-state index in [0.29, 0.717) is 43.1 Å². The lowest BCUT2D eigenvalue weighted by atomic mass is 10.1.